The molecule has 0 heterocycles. The Kier molecular flexibility index (Phi) is 6.11. The first kappa shape index (κ1) is 20.0. The van der Waals surface area contributed by atoms with Crippen LogP contribution in [0, 0.1) is 0 Å². The van der Waals surface area contributed by atoms with Crippen molar-refractivity contribution in [1.29, 1.82) is 0 Å². The molecule has 3 aromatic carbocycles. The van der Waals surface area contributed by atoms with Crippen LogP contribution >= 0.6 is 15.9 Å². The summed E-state index contributed by atoms with van der Waals surface area (Å²) >= 11 is 3.31. The van der Waals surface area contributed by atoms with Gasteiger partial charge in [0.25, 0.3) is 5.91 Å². The highest BCUT2D eigenvalue weighted by Crippen LogP contribution is 2.22. The van der Waals surface area contributed by atoms with Gasteiger partial charge in [-0.25, -0.2) is 13.8 Å². The summed E-state index contributed by atoms with van der Waals surface area (Å²) in [4.78, 5) is 12.3. The van der Waals surface area contributed by atoms with E-state index >= 15 is 0 Å². The minimum absolute atomic E-state index is 0.373. The van der Waals surface area contributed by atoms with Crippen molar-refractivity contribution in [3.8, 4) is 0 Å². The van der Waals surface area contributed by atoms with Gasteiger partial charge in [0, 0.05) is 10.0 Å². The van der Waals surface area contributed by atoms with E-state index in [1.54, 1.807) is 30.5 Å². The van der Waals surface area contributed by atoms with E-state index in [4.69, 9.17) is 0 Å². The number of carbonyl (C=O) groups excluding carboxylic acids is 1. The van der Waals surface area contributed by atoms with Crippen LogP contribution in [0.25, 0.3) is 10.8 Å². The number of halogens is 1. The zero-order valence-corrected chi connectivity index (χ0v) is 17.4. The molecule has 0 atom stereocenters. The fraction of sp³-hybridized carbons (Fsp3) is 0.100. The van der Waals surface area contributed by atoms with Gasteiger partial charge in [0.2, 0.25) is 10.0 Å². The molecular weight excluding hydrogens is 442 g/mol. The Labute approximate surface area is 172 Å². The normalized spacial score (nSPS) is 11.6. The highest BCUT2D eigenvalue weighted by atomic mass is 79.9. The Morgan fingerprint density at radius 3 is 2.57 bits per heavy atom. The standard InChI is InChI=1S/C20H18BrN3O3S/c1-28(26,27)24(18-10-5-9-17(21)12-18)14-20(25)23-22-13-16-8-4-7-15-6-2-3-11-19(15)16/h2-13H,14H2,1H3,(H,23,25)/b22-13+. The molecule has 0 unspecified atom stereocenters. The SMILES string of the molecule is CS(=O)(=O)N(CC(=O)N/N=C/c1cccc2ccccc12)c1cccc(Br)c1. The maximum absolute atomic E-state index is 12.3. The second-order valence-corrected chi connectivity index (χ2v) is 8.93. The lowest BCUT2D eigenvalue weighted by Gasteiger charge is -2.21. The van der Waals surface area contributed by atoms with Gasteiger partial charge in [-0.05, 0) is 29.0 Å². The molecule has 0 radical (unpaired) electrons. The van der Waals surface area contributed by atoms with Gasteiger partial charge in [-0.1, -0.05) is 64.5 Å². The predicted octanol–water partition coefficient (Wildman–Crippen LogP) is 3.52. The third-order valence-corrected chi connectivity index (χ3v) is 5.63. The summed E-state index contributed by atoms with van der Waals surface area (Å²) in [5.41, 5.74) is 3.64. The minimum atomic E-state index is -3.64. The molecule has 0 aliphatic rings. The van der Waals surface area contributed by atoms with Crippen molar-refractivity contribution in [2.45, 2.75) is 0 Å². The summed E-state index contributed by atoms with van der Waals surface area (Å²) < 4.78 is 26.0. The van der Waals surface area contributed by atoms with Gasteiger partial charge in [-0.15, -0.1) is 0 Å². The van der Waals surface area contributed by atoms with E-state index in [9.17, 15) is 13.2 Å². The number of rotatable bonds is 6. The number of hydrazone groups is 1. The molecule has 3 aromatic rings. The molecule has 0 bridgehead atoms. The molecule has 0 fully saturated rings. The van der Waals surface area contributed by atoms with Crippen LogP contribution in [0.2, 0.25) is 0 Å². The average molecular weight is 460 g/mol. The summed E-state index contributed by atoms with van der Waals surface area (Å²) in [5.74, 6) is -0.540. The smallest absolute Gasteiger partial charge is 0.260 e. The number of nitrogens with zero attached hydrogens (tertiary/aromatic N) is 2. The van der Waals surface area contributed by atoms with Gasteiger partial charge in [-0.3, -0.25) is 9.10 Å². The Balaban J connectivity index is 1.74. The zero-order chi connectivity index (χ0) is 20.1. The lowest BCUT2D eigenvalue weighted by Crippen LogP contribution is -2.39. The molecule has 144 valence electrons. The first-order valence-electron chi connectivity index (χ1n) is 8.37. The third-order valence-electron chi connectivity index (χ3n) is 4.00. The fourth-order valence-corrected chi connectivity index (χ4v) is 3.97. The number of hydrogen-bond donors (Lipinski definition) is 1. The molecule has 1 amide bonds. The van der Waals surface area contributed by atoms with Crippen LogP contribution in [0.5, 0.6) is 0 Å². The maximum atomic E-state index is 12.3. The molecule has 0 aliphatic heterocycles. The molecule has 1 N–H and O–H groups in total. The lowest BCUT2D eigenvalue weighted by molar-refractivity contribution is -0.119. The first-order chi connectivity index (χ1) is 13.3. The van der Waals surface area contributed by atoms with Crippen LogP contribution in [0.4, 0.5) is 5.69 Å². The lowest BCUT2D eigenvalue weighted by atomic mass is 10.1. The van der Waals surface area contributed by atoms with E-state index < -0.39 is 15.9 Å². The van der Waals surface area contributed by atoms with Crippen molar-refractivity contribution in [3.63, 3.8) is 0 Å². The van der Waals surface area contributed by atoms with Crippen LogP contribution in [0.3, 0.4) is 0 Å². The summed E-state index contributed by atoms with van der Waals surface area (Å²) in [7, 11) is -3.64. The van der Waals surface area contributed by atoms with E-state index in [0.29, 0.717) is 10.2 Å². The number of anilines is 1. The van der Waals surface area contributed by atoms with Gasteiger partial charge in [0.15, 0.2) is 0 Å². The summed E-state index contributed by atoms with van der Waals surface area (Å²) in [5, 5.41) is 6.06. The van der Waals surface area contributed by atoms with Gasteiger partial charge in [0.1, 0.15) is 6.54 Å². The van der Waals surface area contributed by atoms with Crippen LogP contribution < -0.4 is 9.73 Å². The molecule has 6 nitrogen and oxygen atoms in total. The van der Waals surface area contributed by atoms with Crippen molar-refractivity contribution < 1.29 is 13.2 Å². The highest BCUT2D eigenvalue weighted by molar-refractivity contribution is 9.10. The zero-order valence-electron chi connectivity index (χ0n) is 15.0. The van der Waals surface area contributed by atoms with Crippen LogP contribution in [0.15, 0.2) is 76.3 Å². The van der Waals surface area contributed by atoms with Gasteiger partial charge < -0.3 is 0 Å². The number of carbonyl (C=O) groups is 1. The Bertz CT molecular complexity index is 1140. The maximum Gasteiger partial charge on any atom is 0.260 e. The molecule has 0 aromatic heterocycles. The van der Waals surface area contributed by atoms with Crippen molar-refractivity contribution in [3.05, 3.63) is 76.8 Å². The predicted molar refractivity (Wildman–Crippen MR) is 116 cm³/mol. The minimum Gasteiger partial charge on any atom is -0.271 e. The largest absolute Gasteiger partial charge is 0.271 e. The number of amides is 1. The van der Waals surface area contributed by atoms with Crippen molar-refractivity contribution in [2.75, 3.05) is 17.1 Å². The molecule has 0 saturated carbocycles. The Morgan fingerprint density at radius 1 is 1.11 bits per heavy atom. The first-order valence-corrected chi connectivity index (χ1v) is 11.0. The van der Waals surface area contributed by atoms with Crippen LogP contribution in [-0.2, 0) is 14.8 Å². The quantitative estimate of drug-likeness (QED) is 0.452. The summed E-state index contributed by atoms with van der Waals surface area (Å²) in [6.45, 7) is -0.373. The van der Waals surface area contributed by atoms with Gasteiger partial charge >= 0.3 is 0 Å². The summed E-state index contributed by atoms with van der Waals surface area (Å²) in [6, 6.07) is 20.4. The number of fused-ring (bicyclic) bond motifs is 1. The van der Waals surface area contributed by atoms with E-state index in [2.05, 4.69) is 26.5 Å². The van der Waals surface area contributed by atoms with Gasteiger partial charge in [-0.2, -0.15) is 5.10 Å². The molecule has 0 aliphatic carbocycles. The van der Waals surface area contributed by atoms with E-state index in [-0.39, 0.29) is 6.54 Å². The number of sulfonamides is 1. The average Bonchev–Trinajstić information content (AvgIpc) is 2.65. The topological polar surface area (TPSA) is 78.8 Å². The molecule has 0 spiro atoms. The summed E-state index contributed by atoms with van der Waals surface area (Å²) in [6.07, 6.45) is 2.60. The molecular formula is C20H18BrN3O3S. The Hall–Kier alpha value is -2.71. The molecule has 8 heteroatoms. The fourth-order valence-electron chi connectivity index (χ4n) is 2.73. The van der Waals surface area contributed by atoms with Crippen molar-refractivity contribution in [1.82, 2.24) is 5.43 Å². The van der Waals surface area contributed by atoms with E-state index in [1.165, 1.54) is 0 Å². The second kappa shape index (κ2) is 8.53. The van der Waals surface area contributed by atoms with Crippen LogP contribution in [0.1, 0.15) is 5.56 Å². The van der Waals surface area contributed by atoms with Crippen molar-refractivity contribution in [2.24, 2.45) is 5.10 Å². The molecule has 28 heavy (non-hydrogen) atoms. The molecule has 3 rings (SSSR count). The number of benzene rings is 3. The molecule has 0 saturated heterocycles. The Morgan fingerprint density at radius 2 is 1.82 bits per heavy atom. The monoisotopic (exact) mass is 459 g/mol. The van der Waals surface area contributed by atoms with E-state index in [1.807, 2.05) is 42.5 Å². The van der Waals surface area contributed by atoms with E-state index in [0.717, 1.165) is 26.9 Å². The number of hydrogen-bond acceptors (Lipinski definition) is 4. The highest BCUT2D eigenvalue weighted by Gasteiger charge is 2.20. The van der Waals surface area contributed by atoms with Gasteiger partial charge in [0.05, 0.1) is 18.2 Å². The van der Waals surface area contributed by atoms with Crippen molar-refractivity contribution >= 4 is 54.5 Å². The van der Waals surface area contributed by atoms with Crippen LogP contribution in [-0.4, -0.2) is 33.3 Å². The third kappa shape index (κ3) is 4.96. The number of nitrogens with one attached hydrogen (secondary N) is 1. The second-order valence-electron chi connectivity index (χ2n) is 6.11.